The third-order valence-electron chi connectivity index (χ3n) is 1.55. The Morgan fingerprint density at radius 3 is 2.91 bits per heavy atom. The first-order chi connectivity index (χ1) is 5.27. The molecule has 0 aromatic carbocycles. The molecule has 1 unspecified atom stereocenters. The standard InChI is InChI=1S/C8H11NO2/c1-3-5-7-6-9(4-2)8(10)11-7/h3-4,7H,1-2,5-6H2. The topological polar surface area (TPSA) is 29.5 Å². The van der Waals surface area contributed by atoms with Crippen LogP contribution in [0, 0.1) is 0 Å². The molecule has 1 rings (SSSR count). The molecule has 1 aliphatic rings. The summed E-state index contributed by atoms with van der Waals surface area (Å²) in [5.41, 5.74) is 0. The monoisotopic (exact) mass is 153 g/mol. The Balaban J connectivity index is 2.48. The Morgan fingerprint density at radius 1 is 1.73 bits per heavy atom. The molecule has 0 aromatic heterocycles. The Morgan fingerprint density at radius 2 is 2.45 bits per heavy atom. The minimum absolute atomic E-state index is 0.0435. The first kappa shape index (κ1) is 7.85. The SMILES string of the molecule is C=CCC1CN(C=C)C(=O)O1. The highest BCUT2D eigenvalue weighted by atomic mass is 16.6. The first-order valence-electron chi connectivity index (χ1n) is 3.48. The smallest absolute Gasteiger partial charge is 0.414 e. The largest absolute Gasteiger partial charge is 0.444 e. The lowest BCUT2D eigenvalue weighted by atomic mass is 10.2. The Hall–Kier alpha value is -1.25. The fraction of sp³-hybridized carbons (Fsp3) is 0.375. The lowest BCUT2D eigenvalue weighted by Crippen LogP contribution is -2.17. The second-order valence-electron chi connectivity index (χ2n) is 2.37. The van der Waals surface area contributed by atoms with Gasteiger partial charge in [-0.05, 0) is 0 Å². The molecule has 1 atom stereocenters. The maximum Gasteiger partial charge on any atom is 0.414 e. The molecule has 0 bridgehead atoms. The highest BCUT2D eigenvalue weighted by molar-refractivity contribution is 5.71. The summed E-state index contributed by atoms with van der Waals surface area (Å²) in [6, 6.07) is 0. The molecule has 11 heavy (non-hydrogen) atoms. The van der Waals surface area contributed by atoms with E-state index in [0.29, 0.717) is 13.0 Å². The minimum Gasteiger partial charge on any atom is -0.444 e. The summed E-state index contributed by atoms with van der Waals surface area (Å²) in [5, 5.41) is 0. The summed E-state index contributed by atoms with van der Waals surface area (Å²) in [5.74, 6) is 0. The number of hydrogen-bond donors (Lipinski definition) is 0. The molecule has 3 nitrogen and oxygen atoms in total. The second kappa shape index (κ2) is 3.23. The van der Waals surface area contributed by atoms with Crippen LogP contribution in [-0.2, 0) is 4.74 Å². The fourth-order valence-corrected chi connectivity index (χ4v) is 0.999. The molecular weight excluding hydrogens is 142 g/mol. The van der Waals surface area contributed by atoms with Crippen molar-refractivity contribution in [1.29, 1.82) is 0 Å². The summed E-state index contributed by atoms with van der Waals surface area (Å²) < 4.78 is 4.95. The predicted octanol–water partition coefficient (Wildman–Crippen LogP) is 1.53. The molecule has 0 aromatic rings. The average Bonchev–Trinajstić information content (AvgIpc) is 2.32. The van der Waals surface area contributed by atoms with Gasteiger partial charge in [-0.1, -0.05) is 12.7 Å². The lowest BCUT2D eigenvalue weighted by Gasteiger charge is -2.03. The van der Waals surface area contributed by atoms with Crippen molar-refractivity contribution in [2.45, 2.75) is 12.5 Å². The second-order valence-corrected chi connectivity index (χ2v) is 2.37. The van der Waals surface area contributed by atoms with Gasteiger partial charge in [-0.15, -0.1) is 6.58 Å². The van der Waals surface area contributed by atoms with Gasteiger partial charge >= 0.3 is 6.09 Å². The van der Waals surface area contributed by atoms with Gasteiger partial charge in [0, 0.05) is 12.6 Å². The van der Waals surface area contributed by atoms with Crippen molar-refractivity contribution in [1.82, 2.24) is 4.90 Å². The molecule has 0 radical (unpaired) electrons. The van der Waals surface area contributed by atoms with E-state index in [-0.39, 0.29) is 12.2 Å². The van der Waals surface area contributed by atoms with E-state index in [0.717, 1.165) is 0 Å². The van der Waals surface area contributed by atoms with Crippen molar-refractivity contribution in [2.75, 3.05) is 6.54 Å². The molecule has 1 fully saturated rings. The lowest BCUT2D eigenvalue weighted by molar-refractivity contribution is 0.136. The van der Waals surface area contributed by atoms with Crippen molar-refractivity contribution < 1.29 is 9.53 Å². The predicted molar refractivity (Wildman–Crippen MR) is 42.0 cm³/mol. The van der Waals surface area contributed by atoms with Crippen molar-refractivity contribution >= 4 is 6.09 Å². The van der Waals surface area contributed by atoms with E-state index in [1.54, 1.807) is 6.08 Å². The van der Waals surface area contributed by atoms with Crippen molar-refractivity contribution in [3.8, 4) is 0 Å². The van der Waals surface area contributed by atoms with Gasteiger partial charge in [0.2, 0.25) is 0 Å². The summed E-state index contributed by atoms with van der Waals surface area (Å²) in [6.07, 6.45) is 3.57. The number of ether oxygens (including phenoxy) is 1. The van der Waals surface area contributed by atoms with Crippen molar-refractivity contribution in [2.24, 2.45) is 0 Å². The van der Waals surface area contributed by atoms with Crippen LogP contribution < -0.4 is 0 Å². The van der Waals surface area contributed by atoms with Crippen LogP contribution >= 0.6 is 0 Å². The molecule has 60 valence electrons. The zero-order valence-corrected chi connectivity index (χ0v) is 6.32. The van der Waals surface area contributed by atoms with Gasteiger partial charge in [-0.2, -0.15) is 0 Å². The van der Waals surface area contributed by atoms with Crippen molar-refractivity contribution in [3.63, 3.8) is 0 Å². The normalized spacial score (nSPS) is 23.1. The van der Waals surface area contributed by atoms with Crippen LogP contribution in [-0.4, -0.2) is 23.6 Å². The third kappa shape index (κ3) is 1.61. The van der Waals surface area contributed by atoms with E-state index in [1.165, 1.54) is 11.1 Å². The summed E-state index contributed by atoms with van der Waals surface area (Å²) in [7, 11) is 0. The van der Waals surface area contributed by atoms with Crippen LogP contribution in [0.3, 0.4) is 0 Å². The van der Waals surface area contributed by atoms with Crippen LogP contribution in [0.2, 0.25) is 0 Å². The van der Waals surface area contributed by atoms with E-state index >= 15 is 0 Å². The minimum atomic E-state index is -0.313. The molecule has 0 N–H and O–H groups in total. The molecule has 0 saturated carbocycles. The van der Waals surface area contributed by atoms with E-state index in [4.69, 9.17) is 4.74 Å². The zero-order chi connectivity index (χ0) is 8.27. The van der Waals surface area contributed by atoms with Crippen LogP contribution in [0.1, 0.15) is 6.42 Å². The van der Waals surface area contributed by atoms with Gasteiger partial charge in [0.15, 0.2) is 0 Å². The number of carbonyl (C=O) groups excluding carboxylic acids is 1. The molecule has 1 saturated heterocycles. The molecule has 1 heterocycles. The van der Waals surface area contributed by atoms with Crippen LogP contribution in [0.4, 0.5) is 4.79 Å². The number of carbonyl (C=O) groups is 1. The maximum absolute atomic E-state index is 10.9. The van der Waals surface area contributed by atoms with Crippen LogP contribution in [0.25, 0.3) is 0 Å². The first-order valence-corrected chi connectivity index (χ1v) is 3.48. The van der Waals surface area contributed by atoms with E-state index < -0.39 is 0 Å². The highest BCUT2D eigenvalue weighted by Crippen LogP contribution is 2.13. The summed E-state index contributed by atoms with van der Waals surface area (Å²) >= 11 is 0. The van der Waals surface area contributed by atoms with Gasteiger partial charge < -0.3 is 4.74 Å². The van der Waals surface area contributed by atoms with Gasteiger partial charge in [0.25, 0.3) is 0 Å². The van der Waals surface area contributed by atoms with E-state index in [1.807, 2.05) is 0 Å². The summed E-state index contributed by atoms with van der Waals surface area (Å²) in [6.45, 7) is 7.64. The van der Waals surface area contributed by atoms with E-state index in [9.17, 15) is 4.79 Å². The molecule has 0 spiro atoms. The van der Waals surface area contributed by atoms with Gasteiger partial charge in [0.05, 0.1) is 6.54 Å². The van der Waals surface area contributed by atoms with Crippen molar-refractivity contribution in [3.05, 3.63) is 25.4 Å². The Kier molecular flexibility index (Phi) is 2.31. The average molecular weight is 153 g/mol. The number of cyclic esters (lactones) is 1. The number of nitrogens with zero attached hydrogens (tertiary/aromatic N) is 1. The Bertz CT molecular complexity index is 189. The fourth-order valence-electron chi connectivity index (χ4n) is 0.999. The van der Waals surface area contributed by atoms with Gasteiger partial charge in [-0.25, -0.2) is 4.79 Å². The maximum atomic E-state index is 10.9. The molecule has 1 aliphatic heterocycles. The highest BCUT2D eigenvalue weighted by Gasteiger charge is 2.27. The van der Waals surface area contributed by atoms with Crippen LogP contribution in [0.15, 0.2) is 25.4 Å². The zero-order valence-electron chi connectivity index (χ0n) is 6.32. The molecule has 1 amide bonds. The molecular formula is C8H11NO2. The number of hydrogen-bond acceptors (Lipinski definition) is 2. The quantitative estimate of drug-likeness (QED) is 0.575. The van der Waals surface area contributed by atoms with Gasteiger partial charge in [-0.3, -0.25) is 4.90 Å². The van der Waals surface area contributed by atoms with Crippen LogP contribution in [0.5, 0.6) is 0 Å². The number of amides is 1. The summed E-state index contributed by atoms with van der Waals surface area (Å²) in [4.78, 5) is 12.3. The van der Waals surface area contributed by atoms with E-state index in [2.05, 4.69) is 13.2 Å². The van der Waals surface area contributed by atoms with Gasteiger partial charge in [0.1, 0.15) is 6.10 Å². The Labute approximate surface area is 65.9 Å². The molecule has 3 heteroatoms. The molecule has 0 aliphatic carbocycles. The third-order valence-corrected chi connectivity index (χ3v) is 1.55. The number of rotatable bonds is 3.